The number of phenolic OH excluding ortho intramolecular Hbond substituents is 2. The van der Waals surface area contributed by atoms with Crippen LogP contribution in [0.2, 0.25) is 0 Å². The summed E-state index contributed by atoms with van der Waals surface area (Å²) in [5.74, 6) is -2.52. The Bertz CT molecular complexity index is 1690. The van der Waals surface area contributed by atoms with Crippen LogP contribution < -0.4 is 16.1 Å². The highest BCUT2D eigenvalue weighted by Crippen LogP contribution is 2.27. The Morgan fingerprint density at radius 1 is 0.896 bits per heavy atom. The zero-order valence-corrected chi connectivity index (χ0v) is 26.2. The number of unbranched alkanes of at least 4 members (excludes halogenated alkanes) is 2. The number of anilines is 1. The summed E-state index contributed by atoms with van der Waals surface area (Å²) in [5, 5.41) is 34.5. The number of pyridine rings is 1. The average molecular weight is 658 g/mol. The summed E-state index contributed by atoms with van der Waals surface area (Å²) < 4.78 is 5.92. The highest BCUT2D eigenvalue weighted by Gasteiger charge is 2.22. The number of carbonyl (C=O) groups is 4. The molecule has 4 aromatic rings. The minimum absolute atomic E-state index is 0.00587. The molecule has 0 fully saturated rings. The van der Waals surface area contributed by atoms with Crippen molar-refractivity contribution in [2.24, 2.45) is 0 Å². The number of nitrogens with zero attached hydrogens (tertiary/aromatic N) is 1. The van der Waals surface area contributed by atoms with Gasteiger partial charge in [0.05, 0.1) is 0 Å². The van der Waals surface area contributed by atoms with Gasteiger partial charge in [-0.15, -0.1) is 0 Å². The van der Waals surface area contributed by atoms with Gasteiger partial charge >= 0.3 is 5.97 Å². The van der Waals surface area contributed by atoms with E-state index in [4.69, 9.17) is 9.94 Å². The molecular weight excluding hydrogens is 618 g/mol. The summed E-state index contributed by atoms with van der Waals surface area (Å²) in [6.07, 6.45) is 8.88. The number of benzene rings is 2. The van der Waals surface area contributed by atoms with Crippen molar-refractivity contribution in [3.63, 3.8) is 0 Å². The molecule has 0 saturated heterocycles. The maximum Gasteiger partial charge on any atom is 0.355 e. The van der Waals surface area contributed by atoms with E-state index in [0.29, 0.717) is 43.4 Å². The van der Waals surface area contributed by atoms with Crippen LogP contribution in [0.3, 0.4) is 0 Å². The number of hydrogen-bond acceptors (Lipinski definition) is 9. The zero-order chi connectivity index (χ0) is 34.3. The molecule has 2 aromatic heterocycles. The van der Waals surface area contributed by atoms with Crippen molar-refractivity contribution in [1.82, 2.24) is 20.8 Å². The Morgan fingerprint density at radius 2 is 1.69 bits per heavy atom. The highest BCUT2D eigenvalue weighted by molar-refractivity contribution is 5.95. The molecule has 0 saturated carbocycles. The van der Waals surface area contributed by atoms with E-state index in [2.05, 4.69) is 20.6 Å². The lowest BCUT2D eigenvalue weighted by Crippen LogP contribution is -2.36. The van der Waals surface area contributed by atoms with Crippen molar-refractivity contribution < 1.29 is 39.3 Å². The second-order valence-electron chi connectivity index (χ2n) is 11.2. The number of aromatic amines is 1. The van der Waals surface area contributed by atoms with Gasteiger partial charge in [-0.3, -0.25) is 24.6 Å². The molecular formula is C35H39N5O8. The number of aromatic hydroxyl groups is 2. The smallest absolute Gasteiger partial charge is 0.355 e. The fourth-order valence-corrected chi connectivity index (χ4v) is 5.11. The van der Waals surface area contributed by atoms with E-state index >= 15 is 0 Å². The predicted octanol–water partition coefficient (Wildman–Crippen LogP) is 5.12. The van der Waals surface area contributed by atoms with E-state index in [0.717, 1.165) is 17.3 Å². The van der Waals surface area contributed by atoms with E-state index in [1.54, 1.807) is 29.8 Å². The van der Waals surface area contributed by atoms with Crippen LogP contribution in [0.1, 0.15) is 72.2 Å². The largest absolute Gasteiger partial charge is 0.504 e. The first-order valence-corrected chi connectivity index (χ1v) is 15.6. The van der Waals surface area contributed by atoms with E-state index < -0.39 is 18.0 Å². The number of amides is 3. The normalized spacial score (nSPS) is 12.4. The molecule has 7 N–H and O–H groups in total. The number of fused-ring (bicyclic) bond motifs is 1. The predicted molar refractivity (Wildman–Crippen MR) is 177 cm³/mol. The van der Waals surface area contributed by atoms with Gasteiger partial charge in [-0.2, -0.15) is 0 Å². The number of allylic oxidation sites excluding steroid dienone is 1. The molecule has 2 aromatic carbocycles. The van der Waals surface area contributed by atoms with Gasteiger partial charge < -0.3 is 30.6 Å². The lowest BCUT2D eigenvalue weighted by atomic mass is 9.99. The Balaban J connectivity index is 1.43. The number of para-hydroxylation sites is 1. The molecule has 13 nitrogen and oxygen atoms in total. The van der Waals surface area contributed by atoms with Crippen LogP contribution in [0.5, 0.6) is 11.5 Å². The summed E-state index contributed by atoms with van der Waals surface area (Å²) in [5.41, 5.74) is 3.35. The van der Waals surface area contributed by atoms with Gasteiger partial charge in [0.25, 0.3) is 11.8 Å². The van der Waals surface area contributed by atoms with E-state index in [1.807, 2.05) is 24.3 Å². The van der Waals surface area contributed by atoms with Crippen molar-refractivity contribution in [3.05, 3.63) is 96.5 Å². The van der Waals surface area contributed by atoms with Crippen LogP contribution >= 0.6 is 0 Å². The van der Waals surface area contributed by atoms with E-state index in [1.165, 1.54) is 36.7 Å². The molecule has 0 aliphatic carbocycles. The molecule has 13 heteroatoms. The topological polar surface area (TPSA) is 203 Å². The molecule has 0 spiro atoms. The van der Waals surface area contributed by atoms with Crippen molar-refractivity contribution >= 4 is 40.3 Å². The number of hydroxylamine groups is 1. The number of carbonyl (C=O) groups excluding carboxylic acids is 4. The number of nitrogens with one attached hydrogen (secondary N) is 4. The lowest BCUT2D eigenvalue weighted by Gasteiger charge is -2.23. The van der Waals surface area contributed by atoms with Crippen LogP contribution in [0, 0.1) is 0 Å². The molecule has 3 amide bonds. The van der Waals surface area contributed by atoms with Crippen molar-refractivity contribution in [1.29, 1.82) is 0 Å². The molecule has 252 valence electrons. The van der Waals surface area contributed by atoms with Gasteiger partial charge in [-0.1, -0.05) is 30.7 Å². The molecule has 0 radical (unpaired) electrons. The summed E-state index contributed by atoms with van der Waals surface area (Å²) in [4.78, 5) is 57.3. The second-order valence-corrected chi connectivity index (χ2v) is 11.2. The number of rotatable bonds is 17. The van der Waals surface area contributed by atoms with Crippen LogP contribution in [-0.2, 0) is 14.3 Å². The first-order chi connectivity index (χ1) is 23.2. The van der Waals surface area contributed by atoms with Crippen LogP contribution in [0.4, 0.5) is 5.69 Å². The van der Waals surface area contributed by atoms with Gasteiger partial charge in [-0.25, -0.2) is 10.3 Å². The molecule has 48 heavy (non-hydrogen) atoms. The summed E-state index contributed by atoms with van der Waals surface area (Å²) in [6.45, 7) is 0. The second kappa shape index (κ2) is 17.9. The first-order valence-electron chi connectivity index (χ1n) is 15.6. The highest BCUT2D eigenvalue weighted by atomic mass is 16.5. The van der Waals surface area contributed by atoms with Crippen molar-refractivity contribution in [2.75, 3.05) is 5.32 Å². The number of hydrogen-bond donors (Lipinski definition) is 7. The maximum atomic E-state index is 13.2. The number of esters is 1. The van der Waals surface area contributed by atoms with Crippen molar-refractivity contribution in [2.45, 2.75) is 63.5 Å². The Morgan fingerprint density at radius 3 is 2.44 bits per heavy atom. The average Bonchev–Trinajstić information content (AvgIpc) is 3.54. The fraction of sp³-hybridized carbons (Fsp3) is 0.286. The number of H-pyrrole nitrogens is 1. The maximum absolute atomic E-state index is 13.2. The van der Waals surface area contributed by atoms with Gasteiger partial charge in [-0.05, 0) is 74.9 Å². The Kier molecular flexibility index (Phi) is 13.1. The van der Waals surface area contributed by atoms with E-state index in [-0.39, 0.29) is 47.9 Å². The Labute approximate surface area is 277 Å². The van der Waals surface area contributed by atoms with Gasteiger partial charge in [0.1, 0.15) is 11.8 Å². The molecule has 2 unspecified atom stereocenters. The molecule has 4 rings (SSSR count). The van der Waals surface area contributed by atoms with Gasteiger partial charge in [0.2, 0.25) is 5.91 Å². The summed E-state index contributed by atoms with van der Waals surface area (Å²) in [7, 11) is 0. The number of aromatic nitrogens is 2. The first kappa shape index (κ1) is 35.2. The number of phenols is 2. The fourth-order valence-electron chi connectivity index (χ4n) is 5.11. The number of ether oxygens (including phenoxy) is 1. The van der Waals surface area contributed by atoms with Gasteiger partial charge in [0, 0.05) is 59.2 Å². The van der Waals surface area contributed by atoms with Crippen LogP contribution in [-0.4, -0.2) is 61.2 Å². The minimum atomic E-state index is -0.678. The van der Waals surface area contributed by atoms with Crippen molar-refractivity contribution in [3.8, 4) is 11.5 Å². The third-order valence-corrected chi connectivity index (χ3v) is 7.64. The molecule has 2 heterocycles. The standard InChI is InChI=1S/C35H39N5O8/c41-30-15-12-26(22-31(30)42)37-32(43)16-14-27(48-35(46)29-21-24-7-5-6-9-28(24)39-29)13-11-25(8-3-1-2-4-10-33(44)40-47)38-34(45)23-17-19-36-20-18-23/h4-7,9-10,12,15,17-22,25,27,39,41-42,47H,1-3,8,11,13-14,16H2,(H,37,43)(H,38,45)(H,40,44). The lowest BCUT2D eigenvalue weighted by molar-refractivity contribution is -0.124. The third kappa shape index (κ3) is 11.0. The SMILES string of the molecule is O=C(C=CCCCCC(CCC(CCC(=O)Nc1ccc(O)c(O)c1)OC(=O)c1cc2ccccc2[nH]1)NC(=O)c1ccncc1)NO. The minimum Gasteiger partial charge on any atom is -0.504 e. The molecule has 2 atom stereocenters. The van der Waals surface area contributed by atoms with Crippen LogP contribution in [0.25, 0.3) is 10.9 Å². The quantitative estimate of drug-likeness (QED) is 0.0153. The molecule has 0 aliphatic heterocycles. The summed E-state index contributed by atoms with van der Waals surface area (Å²) in [6, 6.07) is 16.0. The Hall–Kier alpha value is -5.69. The zero-order valence-electron chi connectivity index (χ0n) is 26.2. The monoisotopic (exact) mass is 657 g/mol. The van der Waals surface area contributed by atoms with Gasteiger partial charge in [0.15, 0.2) is 11.5 Å². The third-order valence-electron chi connectivity index (χ3n) is 7.64. The van der Waals surface area contributed by atoms with E-state index in [9.17, 15) is 29.4 Å². The molecule has 0 bridgehead atoms. The summed E-state index contributed by atoms with van der Waals surface area (Å²) >= 11 is 0. The van der Waals surface area contributed by atoms with Crippen LogP contribution in [0.15, 0.2) is 85.2 Å². The molecule has 0 aliphatic rings.